The highest BCUT2D eigenvalue weighted by atomic mass is 16.5. The zero-order valence-electron chi connectivity index (χ0n) is 25.6. The molecule has 0 atom stereocenters. The van der Waals surface area contributed by atoms with Gasteiger partial charge >= 0.3 is 11.9 Å². The van der Waals surface area contributed by atoms with Gasteiger partial charge in [0, 0.05) is 12.8 Å². The number of carbonyl (C=O) groups is 2. The SMILES string of the molecule is CCCCC/C=C\CCOC(=O)CCCCCCCCC(=O)OCCCCCCCCCCCCCCC. The van der Waals surface area contributed by atoms with Crippen LogP contribution < -0.4 is 0 Å². The van der Waals surface area contributed by atoms with Gasteiger partial charge in [-0.25, -0.2) is 0 Å². The van der Waals surface area contributed by atoms with Crippen LogP contribution in [0.3, 0.4) is 0 Å². The molecular formula is C34H64O4. The number of allylic oxidation sites excluding steroid dienone is 1. The largest absolute Gasteiger partial charge is 0.466 e. The van der Waals surface area contributed by atoms with Crippen molar-refractivity contribution in [2.45, 2.75) is 181 Å². The maximum atomic E-state index is 11.9. The normalized spacial score (nSPS) is 11.3. The summed E-state index contributed by atoms with van der Waals surface area (Å²) >= 11 is 0. The van der Waals surface area contributed by atoms with Gasteiger partial charge in [0.15, 0.2) is 0 Å². The third-order valence-electron chi connectivity index (χ3n) is 7.21. The molecule has 0 saturated heterocycles. The molecule has 0 radical (unpaired) electrons. The molecule has 0 heterocycles. The van der Waals surface area contributed by atoms with Crippen LogP contribution in [-0.4, -0.2) is 25.2 Å². The Morgan fingerprint density at radius 2 is 0.789 bits per heavy atom. The number of unbranched alkanes of at least 4 members (excludes halogenated alkanes) is 20. The first-order valence-electron chi connectivity index (χ1n) is 16.7. The molecule has 0 aromatic carbocycles. The van der Waals surface area contributed by atoms with Crippen molar-refractivity contribution in [3.63, 3.8) is 0 Å². The fourth-order valence-electron chi connectivity index (χ4n) is 4.68. The molecule has 0 amide bonds. The molecule has 0 unspecified atom stereocenters. The van der Waals surface area contributed by atoms with Crippen molar-refractivity contribution in [3.8, 4) is 0 Å². The maximum absolute atomic E-state index is 11.9. The van der Waals surface area contributed by atoms with E-state index >= 15 is 0 Å². The molecule has 224 valence electrons. The first-order chi connectivity index (χ1) is 18.7. The van der Waals surface area contributed by atoms with E-state index in [4.69, 9.17) is 9.47 Å². The monoisotopic (exact) mass is 536 g/mol. The van der Waals surface area contributed by atoms with Crippen LogP contribution >= 0.6 is 0 Å². The second-order valence-electron chi connectivity index (χ2n) is 11.1. The van der Waals surface area contributed by atoms with Crippen LogP contribution in [0.25, 0.3) is 0 Å². The van der Waals surface area contributed by atoms with Gasteiger partial charge in [0.25, 0.3) is 0 Å². The van der Waals surface area contributed by atoms with Gasteiger partial charge in [-0.05, 0) is 38.5 Å². The molecule has 4 heteroatoms. The summed E-state index contributed by atoms with van der Waals surface area (Å²) in [5, 5.41) is 0. The van der Waals surface area contributed by atoms with Gasteiger partial charge < -0.3 is 9.47 Å². The van der Waals surface area contributed by atoms with E-state index in [0.29, 0.717) is 26.1 Å². The molecule has 0 bridgehead atoms. The highest BCUT2D eigenvalue weighted by molar-refractivity contribution is 5.69. The Morgan fingerprint density at radius 3 is 1.29 bits per heavy atom. The average molecular weight is 537 g/mol. The molecular weight excluding hydrogens is 472 g/mol. The summed E-state index contributed by atoms with van der Waals surface area (Å²) in [5.41, 5.74) is 0. The summed E-state index contributed by atoms with van der Waals surface area (Å²) in [6.07, 6.45) is 34.5. The van der Waals surface area contributed by atoms with Gasteiger partial charge in [-0.3, -0.25) is 9.59 Å². The minimum Gasteiger partial charge on any atom is -0.466 e. The van der Waals surface area contributed by atoms with E-state index in [1.54, 1.807) is 0 Å². The van der Waals surface area contributed by atoms with Crippen molar-refractivity contribution < 1.29 is 19.1 Å². The van der Waals surface area contributed by atoms with Crippen molar-refractivity contribution >= 4 is 11.9 Å². The Hall–Kier alpha value is -1.32. The average Bonchev–Trinajstić information content (AvgIpc) is 2.91. The minimum atomic E-state index is -0.0735. The second-order valence-corrected chi connectivity index (χ2v) is 11.1. The highest BCUT2D eigenvalue weighted by Crippen LogP contribution is 2.13. The smallest absolute Gasteiger partial charge is 0.305 e. The van der Waals surface area contributed by atoms with E-state index < -0.39 is 0 Å². The number of hydrogen-bond donors (Lipinski definition) is 0. The number of rotatable bonds is 30. The number of carbonyl (C=O) groups excluding carboxylic acids is 2. The van der Waals surface area contributed by atoms with Crippen LogP contribution in [0.1, 0.15) is 181 Å². The van der Waals surface area contributed by atoms with E-state index in [0.717, 1.165) is 57.8 Å². The molecule has 4 nitrogen and oxygen atoms in total. The standard InChI is InChI=1S/C34H64O4/c1-3-5-7-9-11-12-13-14-15-16-20-24-28-32-38-34(36)30-26-22-18-17-21-25-29-33(35)37-31-27-23-19-10-8-6-4-2/h19,23H,3-18,20-22,24-32H2,1-2H3/b23-19-. The summed E-state index contributed by atoms with van der Waals surface area (Å²) in [5.74, 6) is -0.113. The molecule has 38 heavy (non-hydrogen) atoms. The lowest BCUT2D eigenvalue weighted by molar-refractivity contribution is -0.144. The summed E-state index contributed by atoms with van der Waals surface area (Å²) in [6, 6.07) is 0. The maximum Gasteiger partial charge on any atom is 0.305 e. The van der Waals surface area contributed by atoms with Gasteiger partial charge in [-0.2, -0.15) is 0 Å². The molecule has 0 rings (SSSR count). The Bertz CT molecular complexity index is 529. The molecule has 0 spiro atoms. The van der Waals surface area contributed by atoms with Crippen molar-refractivity contribution in [1.29, 1.82) is 0 Å². The molecule has 0 fully saturated rings. The molecule has 0 aromatic heterocycles. The van der Waals surface area contributed by atoms with E-state index in [2.05, 4.69) is 26.0 Å². The summed E-state index contributed by atoms with van der Waals surface area (Å²) in [6.45, 7) is 5.57. The van der Waals surface area contributed by atoms with Crippen LogP contribution in [0, 0.1) is 0 Å². The van der Waals surface area contributed by atoms with Gasteiger partial charge in [0.05, 0.1) is 13.2 Å². The van der Waals surface area contributed by atoms with Crippen molar-refractivity contribution in [1.82, 2.24) is 0 Å². The first-order valence-corrected chi connectivity index (χ1v) is 16.7. The zero-order chi connectivity index (χ0) is 27.8. The molecule has 0 aliphatic carbocycles. The second kappa shape index (κ2) is 31.9. The Balaban J connectivity index is 3.27. The van der Waals surface area contributed by atoms with E-state index in [1.807, 2.05) is 0 Å². The molecule has 0 aliphatic rings. The summed E-state index contributed by atoms with van der Waals surface area (Å²) in [4.78, 5) is 23.7. The third kappa shape index (κ3) is 30.9. The van der Waals surface area contributed by atoms with Gasteiger partial charge in [0.1, 0.15) is 0 Å². The van der Waals surface area contributed by atoms with E-state index in [9.17, 15) is 9.59 Å². The molecule has 0 saturated carbocycles. The van der Waals surface area contributed by atoms with Gasteiger partial charge in [-0.1, -0.05) is 142 Å². The van der Waals surface area contributed by atoms with Crippen molar-refractivity contribution in [2.24, 2.45) is 0 Å². The van der Waals surface area contributed by atoms with Crippen LogP contribution in [0.4, 0.5) is 0 Å². The lowest BCUT2D eigenvalue weighted by Crippen LogP contribution is -2.05. The topological polar surface area (TPSA) is 52.6 Å². The third-order valence-corrected chi connectivity index (χ3v) is 7.21. The summed E-state index contributed by atoms with van der Waals surface area (Å²) < 4.78 is 10.7. The Kier molecular flexibility index (Phi) is 30.8. The van der Waals surface area contributed by atoms with Gasteiger partial charge in [-0.15, -0.1) is 0 Å². The first kappa shape index (κ1) is 36.7. The fraction of sp³-hybridized carbons (Fsp3) is 0.882. The van der Waals surface area contributed by atoms with Crippen LogP contribution in [0.2, 0.25) is 0 Å². The predicted octanol–water partition coefficient (Wildman–Crippen LogP) is 10.8. The zero-order valence-corrected chi connectivity index (χ0v) is 25.6. The lowest BCUT2D eigenvalue weighted by atomic mass is 10.0. The summed E-state index contributed by atoms with van der Waals surface area (Å²) in [7, 11) is 0. The van der Waals surface area contributed by atoms with Crippen LogP contribution in [0.5, 0.6) is 0 Å². The van der Waals surface area contributed by atoms with E-state index in [1.165, 1.54) is 96.3 Å². The van der Waals surface area contributed by atoms with Crippen LogP contribution in [0.15, 0.2) is 12.2 Å². The number of ether oxygens (including phenoxy) is 2. The Morgan fingerprint density at radius 1 is 0.421 bits per heavy atom. The van der Waals surface area contributed by atoms with Crippen molar-refractivity contribution in [3.05, 3.63) is 12.2 Å². The quantitative estimate of drug-likeness (QED) is 0.0520. The van der Waals surface area contributed by atoms with E-state index in [-0.39, 0.29) is 11.9 Å². The van der Waals surface area contributed by atoms with Crippen molar-refractivity contribution in [2.75, 3.05) is 13.2 Å². The molecule has 0 N–H and O–H groups in total. The predicted molar refractivity (Wildman–Crippen MR) is 162 cm³/mol. The highest BCUT2D eigenvalue weighted by Gasteiger charge is 2.04. The number of hydrogen-bond acceptors (Lipinski definition) is 4. The lowest BCUT2D eigenvalue weighted by Gasteiger charge is -2.06. The number of esters is 2. The van der Waals surface area contributed by atoms with Crippen LogP contribution in [-0.2, 0) is 19.1 Å². The Labute approximate surface area is 237 Å². The van der Waals surface area contributed by atoms with Gasteiger partial charge in [0.2, 0.25) is 0 Å². The molecule has 0 aromatic rings. The minimum absolute atomic E-state index is 0.0394. The fourth-order valence-corrected chi connectivity index (χ4v) is 4.68. The molecule has 0 aliphatic heterocycles.